The molecule has 106 valence electrons. The molecule has 0 saturated heterocycles. The molecule has 0 N–H and O–H groups in total. The normalized spacial score (nSPS) is 14.2. The van der Waals surface area contributed by atoms with Crippen LogP contribution in [0.15, 0.2) is 22.6 Å². The molecule has 5 heteroatoms. The highest BCUT2D eigenvalue weighted by Crippen LogP contribution is 2.35. The van der Waals surface area contributed by atoms with Crippen molar-refractivity contribution in [2.75, 3.05) is 20.3 Å². The molecule has 1 aliphatic rings. The molecule has 1 aromatic heterocycles. The summed E-state index contributed by atoms with van der Waals surface area (Å²) in [7, 11) is 1.63. The fraction of sp³-hybridized carbons (Fsp3) is 0.400. The second-order valence-corrected chi connectivity index (χ2v) is 4.71. The largest absolute Gasteiger partial charge is 0.493 e. The lowest BCUT2D eigenvalue weighted by Gasteiger charge is -2.25. The van der Waals surface area contributed by atoms with Gasteiger partial charge in [-0.05, 0) is 13.0 Å². The number of furan rings is 1. The van der Waals surface area contributed by atoms with Crippen LogP contribution in [0.1, 0.15) is 18.2 Å². The highest BCUT2D eigenvalue weighted by molar-refractivity contribution is 5.88. The van der Waals surface area contributed by atoms with E-state index in [9.17, 15) is 4.79 Å². The summed E-state index contributed by atoms with van der Waals surface area (Å²) >= 11 is 0. The van der Waals surface area contributed by atoms with Crippen LogP contribution in [0.2, 0.25) is 0 Å². The first-order valence-corrected chi connectivity index (χ1v) is 6.73. The topological polar surface area (TPSA) is 51.9 Å². The molecular weight excluding hydrogens is 258 g/mol. The minimum absolute atomic E-state index is 0.268. The van der Waals surface area contributed by atoms with Crippen LogP contribution >= 0.6 is 0 Å². The van der Waals surface area contributed by atoms with Crippen molar-refractivity contribution in [3.63, 3.8) is 0 Å². The molecule has 0 unspecified atom stereocenters. The smallest absolute Gasteiger partial charge is 0.410 e. The van der Waals surface area contributed by atoms with E-state index >= 15 is 0 Å². The predicted molar refractivity (Wildman–Crippen MR) is 73.9 cm³/mol. The summed E-state index contributed by atoms with van der Waals surface area (Å²) in [6, 6.07) is 5.80. The van der Waals surface area contributed by atoms with E-state index in [0.29, 0.717) is 26.1 Å². The van der Waals surface area contributed by atoms with E-state index in [0.717, 1.165) is 28.0 Å². The molecule has 5 nitrogen and oxygen atoms in total. The Morgan fingerprint density at radius 1 is 1.45 bits per heavy atom. The van der Waals surface area contributed by atoms with Gasteiger partial charge in [0.05, 0.1) is 20.3 Å². The van der Waals surface area contributed by atoms with Gasteiger partial charge < -0.3 is 18.8 Å². The number of ether oxygens (including phenoxy) is 2. The van der Waals surface area contributed by atoms with Gasteiger partial charge in [-0.2, -0.15) is 0 Å². The Hall–Kier alpha value is -2.17. The zero-order chi connectivity index (χ0) is 14.1. The summed E-state index contributed by atoms with van der Waals surface area (Å²) in [6.45, 7) is 3.34. The second-order valence-electron chi connectivity index (χ2n) is 4.71. The molecule has 0 radical (unpaired) electrons. The first-order chi connectivity index (χ1) is 9.74. The predicted octanol–water partition coefficient (Wildman–Crippen LogP) is 2.96. The molecule has 1 aromatic carbocycles. The Morgan fingerprint density at radius 2 is 2.30 bits per heavy atom. The molecule has 0 aliphatic carbocycles. The number of nitrogens with zero attached hydrogens (tertiary/aromatic N) is 1. The number of fused-ring (bicyclic) bond motifs is 3. The van der Waals surface area contributed by atoms with Crippen molar-refractivity contribution in [2.45, 2.75) is 19.9 Å². The molecule has 3 rings (SSSR count). The van der Waals surface area contributed by atoms with Gasteiger partial charge >= 0.3 is 6.09 Å². The summed E-state index contributed by atoms with van der Waals surface area (Å²) in [5.41, 5.74) is 1.81. The van der Waals surface area contributed by atoms with Gasteiger partial charge in [-0.3, -0.25) is 0 Å². The molecule has 20 heavy (non-hydrogen) atoms. The Morgan fingerprint density at radius 3 is 3.05 bits per heavy atom. The molecule has 0 bridgehead atoms. The van der Waals surface area contributed by atoms with Crippen molar-refractivity contribution < 1.29 is 18.7 Å². The maximum Gasteiger partial charge on any atom is 0.410 e. The van der Waals surface area contributed by atoms with Gasteiger partial charge in [0.25, 0.3) is 0 Å². The van der Waals surface area contributed by atoms with Crippen molar-refractivity contribution in [3.05, 3.63) is 29.5 Å². The van der Waals surface area contributed by atoms with Gasteiger partial charge in [-0.15, -0.1) is 0 Å². The lowest BCUT2D eigenvalue weighted by molar-refractivity contribution is 0.101. The molecule has 0 saturated carbocycles. The van der Waals surface area contributed by atoms with E-state index in [-0.39, 0.29) is 6.09 Å². The van der Waals surface area contributed by atoms with E-state index in [1.54, 1.807) is 12.0 Å². The molecule has 0 fully saturated rings. The standard InChI is InChI=1S/C15H17NO4/c1-3-19-15(17)16-8-7-12-11(9-16)10-5-4-6-13(18-2)14(10)20-12/h4-6H,3,7-9H2,1-2H3. The molecular formula is C15H17NO4. The fourth-order valence-corrected chi connectivity index (χ4v) is 2.61. The number of benzene rings is 1. The van der Waals surface area contributed by atoms with Gasteiger partial charge in [0, 0.05) is 23.9 Å². The van der Waals surface area contributed by atoms with Gasteiger partial charge in [-0.1, -0.05) is 12.1 Å². The SMILES string of the molecule is CCOC(=O)N1CCc2oc3c(OC)cccc3c2C1. The zero-order valence-corrected chi connectivity index (χ0v) is 11.6. The summed E-state index contributed by atoms with van der Waals surface area (Å²) < 4.78 is 16.3. The van der Waals surface area contributed by atoms with Gasteiger partial charge in [0.15, 0.2) is 11.3 Å². The Balaban J connectivity index is 1.98. The third-order valence-corrected chi connectivity index (χ3v) is 3.57. The lowest BCUT2D eigenvalue weighted by Crippen LogP contribution is -2.35. The third-order valence-electron chi connectivity index (χ3n) is 3.57. The Kier molecular flexibility index (Phi) is 3.26. The van der Waals surface area contributed by atoms with Crippen molar-refractivity contribution in [3.8, 4) is 5.75 Å². The van der Waals surface area contributed by atoms with Gasteiger partial charge in [0.1, 0.15) is 5.76 Å². The lowest BCUT2D eigenvalue weighted by atomic mass is 10.0. The fourth-order valence-electron chi connectivity index (χ4n) is 2.61. The van der Waals surface area contributed by atoms with Crippen molar-refractivity contribution in [1.29, 1.82) is 0 Å². The number of rotatable bonds is 2. The van der Waals surface area contributed by atoms with E-state index in [2.05, 4.69) is 0 Å². The molecule has 2 heterocycles. The number of hydrogen-bond donors (Lipinski definition) is 0. The van der Waals surface area contributed by atoms with Crippen LogP contribution in [0.4, 0.5) is 4.79 Å². The number of para-hydroxylation sites is 1. The number of hydrogen-bond acceptors (Lipinski definition) is 4. The maximum atomic E-state index is 11.8. The number of methoxy groups -OCH3 is 1. The van der Waals surface area contributed by atoms with E-state index in [1.165, 1.54) is 0 Å². The van der Waals surface area contributed by atoms with E-state index in [1.807, 2.05) is 25.1 Å². The highest BCUT2D eigenvalue weighted by Gasteiger charge is 2.27. The average Bonchev–Trinajstić information content (AvgIpc) is 2.85. The Labute approximate surface area is 117 Å². The van der Waals surface area contributed by atoms with Crippen LogP contribution in [0.3, 0.4) is 0 Å². The zero-order valence-electron chi connectivity index (χ0n) is 11.6. The van der Waals surface area contributed by atoms with Gasteiger partial charge in [0.2, 0.25) is 0 Å². The summed E-state index contributed by atoms with van der Waals surface area (Å²) in [6.07, 6.45) is 0.432. The van der Waals surface area contributed by atoms with E-state index < -0.39 is 0 Å². The summed E-state index contributed by atoms with van der Waals surface area (Å²) in [5, 5.41) is 1.01. The van der Waals surface area contributed by atoms with Crippen LogP contribution in [0.5, 0.6) is 5.75 Å². The van der Waals surface area contributed by atoms with Crippen molar-refractivity contribution in [2.24, 2.45) is 0 Å². The Bertz CT molecular complexity index is 647. The first-order valence-electron chi connectivity index (χ1n) is 6.73. The minimum atomic E-state index is -0.268. The number of amides is 1. The molecule has 1 aliphatic heterocycles. The third kappa shape index (κ3) is 1.99. The van der Waals surface area contributed by atoms with Crippen LogP contribution in [0.25, 0.3) is 11.0 Å². The first kappa shape index (κ1) is 12.8. The molecule has 0 atom stereocenters. The quantitative estimate of drug-likeness (QED) is 0.845. The van der Waals surface area contributed by atoms with Crippen LogP contribution in [0, 0.1) is 0 Å². The summed E-state index contributed by atoms with van der Waals surface area (Å²) in [4.78, 5) is 13.5. The van der Waals surface area contributed by atoms with E-state index in [4.69, 9.17) is 13.9 Å². The van der Waals surface area contributed by atoms with Crippen molar-refractivity contribution >= 4 is 17.1 Å². The minimum Gasteiger partial charge on any atom is -0.493 e. The van der Waals surface area contributed by atoms with Gasteiger partial charge in [-0.25, -0.2) is 4.79 Å². The summed E-state index contributed by atoms with van der Waals surface area (Å²) in [5.74, 6) is 1.66. The molecule has 1 amide bonds. The van der Waals surface area contributed by atoms with Crippen molar-refractivity contribution in [1.82, 2.24) is 4.90 Å². The van der Waals surface area contributed by atoms with Crippen LogP contribution in [-0.4, -0.2) is 31.3 Å². The number of carbonyl (C=O) groups excluding carboxylic acids is 1. The second kappa shape index (κ2) is 5.07. The van der Waals surface area contributed by atoms with Crippen LogP contribution in [-0.2, 0) is 17.7 Å². The maximum absolute atomic E-state index is 11.8. The monoisotopic (exact) mass is 275 g/mol. The van der Waals surface area contributed by atoms with Crippen LogP contribution < -0.4 is 4.74 Å². The number of carbonyl (C=O) groups is 1. The molecule has 0 spiro atoms. The molecule has 2 aromatic rings. The highest BCUT2D eigenvalue weighted by atomic mass is 16.6. The average molecular weight is 275 g/mol.